The topological polar surface area (TPSA) is 60.5 Å². The molecule has 1 aliphatic heterocycles. The number of fused-ring (bicyclic) bond motifs is 1. The smallest absolute Gasteiger partial charge is 0.263 e. The number of amides is 1. The summed E-state index contributed by atoms with van der Waals surface area (Å²) < 4.78 is 11.1. The van der Waals surface area contributed by atoms with Crippen molar-refractivity contribution in [3.63, 3.8) is 0 Å². The number of carbonyl (C=O) groups is 1. The van der Waals surface area contributed by atoms with E-state index in [0.717, 1.165) is 34.2 Å². The zero-order chi connectivity index (χ0) is 18.0. The van der Waals surface area contributed by atoms with Gasteiger partial charge in [0.05, 0.1) is 24.4 Å². The number of ether oxygens (including phenoxy) is 2. The second kappa shape index (κ2) is 7.44. The SMILES string of the molecule is COc1ccc2c(c1)OCC(CNC(=O)c1sc(C(C)C)nc1C)C2. The summed E-state index contributed by atoms with van der Waals surface area (Å²) >= 11 is 1.49. The van der Waals surface area contributed by atoms with Crippen LogP contribution in [0.2, 0.25) is 0 Å². The Balaban J connectivity index is 1.59. The van der Waals surface area contributed by atoms with Crippen molar-refractivity contribution < 1.29 is 14.3 Å². The number of thiazole rings is 1. The van der Waals surface area contributed by atoms with Crippen LogP contribution in [0.15, 0.2) is 18.2 Å². The lowest BCUT2D eigenvalue weighted by atomic mass is 9.96. The molecule has 1 aromatic heterocycles. The normalized spacial score (nSPS) is 16.3. The highest BCUT2D eigenvalue weighted by Gasteiger charge is 2.22. The predicted octanol–water partition coefficient (Wildman–Crippen LogP) is 3.56. The number of rotatable bonds is 5. The monoisotopic (exact) mass is 360 g/mol. The van der Waals surface area contributed by atoms with Crippen molar-refractivity contribution in [2.45, 2.75) is 33.1 Å². The van der Waals surface area contributed by atoms with Gasteiger partial charge in [-0.15, -0.1) is 11.3 Å². The second-order valence-electron chi connectivity index (χ2n) is 6.69. The molecule has 134 valence electrons. The number of aryl methyl sites for hydroxylation is 1. The van der Waals surface area contributed by atoms with E-state index in [2.05, 4.69) is 24.1 Å². The Labute approximate surface area is 152 Å². The third-order valence-electron chi connectivity index (χ3n) is 4.32. The number of aromatic nitrogens is 1. The summed E-state index contributed by atoms with van der Waals surface area (Å²) in [6, 6.07) is 5.89. The molecule has 6 heteroatoms. The summed E-state index contributed by atoms with van der Waals surface area (Å²) in [5.41, 5.74) is 1.96. The molecule has 0 aliphatic carbocycles. The number of benzene rings is 1. The van der Waals surface area contributed by atoms with E-state index in [0.29, 0.717) is 23.9 Å². The highest BCUT2D eigenvalue weighted by atomic mass is 32.1. The van der Waals surface area contributed by atoms with Crippen molar-refractivity contribution in [3.05, 3.63) is 39.3 Å². The molecule has 0 saturated carbocycles. The number of carbonyl (C=O) groups excluding carboxylic acids is 1. The van der Waals surface area contributed by atoms with Crippen molar-refractivity contribution in [3.8, 4) is 11.5 Å². The van der Waals surface area contributed by atoms with E-state index in [1.165, 1.54) is 11.3 Å². The maximum atomic E-state index is 12.5. The molecular weight excluding hydrogens is 336 g/mol. The minimum atomic E-state index is -0.0394. The van der Waals surface area contributed by atoms with Crippen LogP contribution in [0.25, 0.3) is 0 Å². The summed E-state index contributed by atoms with van der Waals surface area (Å²) in [5.74, 6) is 2.24. The maximum absolute atomic E-state index is 12.5. The minimum Gasteiger partial charge on any atom is -0.497 e. The molecule has 1 aromatic carbocycles. The standard InChI is InChI=1S/C19H24N2O3S/c1-11(2)19-21-12(3)17(25-19)18(22)20-9-13-7-14-5-6-15(23-4)8-16(14)24-10-13/h5-6,8,11,13H,7,9-10H2,1-4H3,(H,20,22). The maximum Gasteiger partial charge on any atom is 0.263 e. The Morgan fingerprint density at radius 3 is 2.96 bits per heavy atom. The molecular formula is C19H24N2O3S. The summed E-state index contributed by atoms with van der Waals surface area (Å²) in [5, 5.41) is 4.05. The number of nitrogens with zero attached hydrogens (tertiary/aromatic N) is 1. The first kappa shape index (κ1) is 17.7. The van der Waals surface area contributed by atoms with E-state index in [-0.39, 0.29) is 11.8 Å². The van der Waals surface area contributed by atoms with E-state index >= 15 is 0 Å². The fourth-order valence-corrected chi connectivity index (χ4v) is 3.85. The first-order chi connectivity index (χ1) is 12.0. The zero-order valence-corrected chi connectivity index (χ0v) is 15.9. The lowest BCUT2D eigenvalue weighted by molar-refractivity contribution is 0.0942. The molecule has 25 heavy (non-hydrogen) atoms. The van der Waals surface area contributed by atoms with Crippen molar-refractivity contribution >= 4 is 17.2 Å². The third-order valence-corrected chi connectivity index (χ3v) is 5.78. The molecule has 0 spiro atoms. The molecule has 0 bridgehead atoms. The minimum absolute atomic E-state index is 0.0394. The number of methoxy groups -OCH3 is 1. The molecule has 0 fully saturated rings. The van der Waals surface area contributed by atoms with Crippen LogP contribution in [0.4, 0.5) is 0 Å². The van der Waals surface area contributed by atoms with E-state index in [4.69, 9.17) is 9.47 Å². The van der Waals surface area contributed by atoms with Gasteiger partial charge in [-0.25, -0.2) is 4.98 Å². The van der Waals surface area contributed by atoms with Crippen LogP contribution in [0.3, 0.4) is 0 Å². The van der Waals surface area contributed by atoms with Gasteiger partial charge in [-0.05, 0) is 25.0 Å². The molecule has 3 rings (SSSR count). The summed E-state index contributed by atoms with van der Waals surface area (Å²) in [4.78, 5) is 17.7. The van der Waals surface area contributed by atoms with Crippen LogP contribution in [0, 0.1) is 12.8 Å². The molecule has 5 nitrogen and oxygen atoms in total. The van der Waals surface area contributed by atoms with Crippen LogP contribution in [0.5, 0.6) is 11.5 Å². The number of nitrogens with one attached hydrogen (secondary N) is 1. The first-order valence-corrected chi connectivity index (χ1v) is 9.34. The third kappa shape index (κ3) is 3.95. The first-order valence-electron chi connectivity index (χ1n) is 8.53. The van der Waals surface area contributed by atoms with Gasteiger partial charge in [0.1, 0.15) is 16.4 Å². The molecule has 1 amide bonds. The van der Waals surface area contributed by atoms with Crippen molar-refractivity contribution in [2.75, 3.05) is 20.3 Å². The molecule has 0 saturated heterocycles. The molecule has 2 aromatic rings. The average molecular weight is 360 g/mol. The molecule has 1 aliphatic rings. The summed E-state index contributed by atoms with van der Waals surface area (Å²) in [7, 11) is 1.65. The fourth-order valence-electron chi connectivity index (χ4n) is 2.87. The van der Waals surface area contributed by atoms with Crippen LogP contribution in [-0.2, 0) is 6.42 Å². The Kier molecular flexibility index (Phi) is 5.27. The van der Waals surface area contributed by atoms with Gasteiger partial charge in [-0.1, -0.05) is 19.9 Å². The lowest BCUT2D eigenvalue weighted by Gasteiger charge is -2.25. The Hall–Kier alpha value is -2.08. The average Bonchev–Trinajstić information content (AvgIpc) is 3.01. The molecule has 1 N–H and O–H groups in total. The van der Waals surface area contributed by atoms with Gasteiger partial charge in [0, 0.05) is 24.4 Å². The van der Waals surface area contributed by atoms with Crippen LogP contribution in [-0.4, -0.2) is 31.2 Å². The van der Waals surface area contributed by atoms with Crippen molar-refractivity contribution in [1.82, 2.24) is 10.3 Å². The Morgan fingerprint density at radius 1 is 1.48 bits per heavy atom. The van der Waals surface area contributed by atoms with Gasteiger partial charge in [0.2, 0.25) is 0 Å². The van der Waals surface area contributed by atoms with E-state index < -0.39 is 0 Å². The van der Waals surface area contributed by atoms with Gasteiger partial charge >= 0.3 is 0 Å². The zero-order valence-electron chi connectivity index (χ0n) is 15.1. The van der Waals surface area contributed by atoms with Crippen molar-refractivity contribution in [1.29, 1.82) is 0 Å². The molecule has 0 radical (unpaired) electrons. The van der Waals surface area contributed by atoms with Crippen molar-refractivity contribution in [2.24, 2.45) is 5.92 Å². The Morgan fingerprint density at radius 2 is 2.28 bits per heavy atom. The van der Waals surface area contributed by atoms with Gasteiger partial charge < -0.3 is 14.8 Å². The highest BCUT2D eigenvalue weighted by molar-refractivity contribution is 7.13. The van der Waals surface area contributed by atoms with Crippen LogP contribution >= 0.6 is 11.3 Å². The van der Waals surface area contributed by atoms with Gasteiger partial charge in [0.15, 0.2) is 0 Å². The predicted molar refractivity (Wildman–Crippen MR) is 99.0 cm³/mol. The van der Waals surface area contributed by atoms with E-state index in [9.17, 15) is 4.79 Å². The van der Waals surface area contributed by atoms with Crippen LogP contribution in [0.1, 0.15) is 45.7 Å². The van der Waals surface area contributed by atoms with Crippen LogP contribution < -0.4 is 14.8 Å². The Bertz CT molecular complexity index is 770. The number of hydrogen-bond donors (Lipinski definition) is 1. The second-order valence-corrected chi connectivity index (χ2v) is 7.72. The summed E-state index contributed by atoms with van der Waals surface area (Å²) in [6.07, 6.45) is 0.887. The molecule has 2 heterocycles. The lowest BCUT2D eigenvalue weighted by Crippen LogP contribution is -2.34. The molecule has 1 unspecified atom stereocenters. The largest absolute Gasteiger partial charge is 0.497 e. The van der Waals surface area contributed by atoms with E-state index in [1.807, 2.05) is 25.1 Å². The number of hydrogen-bond acceptors (Lipinski definition) is 5. The van der Waals surface area contributed by atoms with Gasteiger partial charge in [-0.3, -0.25) is 4.79 Å². The fraction of sp³-hybridized carbons (Fsp3) is 0.474. The van der Waals surface area contributed by atoms with Gasteiger partial charge in [0.25, 0.3) is 5.91 Å². The van der Waals surface area contributed by atoms with E-state index in [1.54, 1.807) is 7.11 Å². The highest BCUT2D eigenvalue weighted by Crippen LogP contribution is 2.31. The quantitative estimate of drug-likeness (QED) is 0.886. The van der Waals surface area contributed by atoms with Gasteiger partial charge in [-0.2, -0.15) is 0 Å². The molecule has 1 atom stereocenters. The summed E-state index contributed by atoms with van der Waals surface area (Å²) in [6.45, 7) is 7.26.